The van der Waals surface area contributed by atoms with Crippen LogP contribution in [0.25, 0.3) is 11.3 Å². The SMILES string of the molecule is BC(B)(c1ccc(-c2cccc(C)c2)nc1)C(C)C. The number of hydrogen-bond acceptors (Lipinski definition) is 1. The first-order valence-electron chi connectivity index (χ1n) is 6.95. The van der Waals surface area contributed by atoms with Crippen LogP contribution in [0.2, 0.25) is 0 Å². The summed E-state index contributed by atoms with van der Waals surface area (Å²) in [4.78, 5) is 4.64. The van der Waals surface area contributed by atoms with Crippen LogP contribution in [0.15, 0.2) is 42.6 Å². The lowest BCUT2D eigenvalue weighted by Crippen LogP contribution is -2.33. The molecule has 0 radical (unpaired) electrons. The summed E-state index contributed by atoms with van der Waals surface area (Å²) in [6, 6.07) is 12.8. The molecule has 0 aliphatic rings. The molecule has 2 aromatic rings. The van der Waals surface area contributed by atoms with Crippen LogP contribution in [0.3, 0.4) is 0 Å². The number of aryl methyl sites for hydroxylation is 1. The zero-order valence-electron chi connectivity index (χ0n) is 12.6. The van der Waals surface area contributed by atoms with Crippen molar-refractivity contribution >= 4 is 15.7 Å². The maximum Gasteiger partial charge on any atom is 0.105 e. The molecule has 0 fully saturated rings. The molecule has 0 amide bonds. The van der Waals surface area contributed by atoms with E-state index in [0.29, 0.717) is 5.92 Å². The maximum absolute atomic E-state index is 4.64. The quantitative estimate of drug-likeness (QED) is 0.759. The fraction of sp³-hybridized carbons (Fsp3) is 0.312. The second kappa shape index (κ2) is 5.24. The van der Waals surface area contributed by atoms with E-state index in [9.17, 15) is 0 Å². The second-order valence-corrected chi connectivity index (χ2v) is 6.18. The van der Waals surface area contributed by atoms with Crippen LogP contribution >= 0.6 is 0 Å². The average molecular weight is 249 g/mol. The molecule has 1 nitrogen and oxygen atoms in total. The summed E-state index contributed by atoms with van der Waals surface area (Å²) in [6.45, 7) is 6.63. The van der Waals surface area contributed by atoms with Crippen molar-refractivity contribution < 1.29 is 0 Å². The van der Waals surface area contributed by atoms with Crippen molar-refractivity contribution in [3.8, 4) is 11.3 Å². The van der Waals surface area contributed by atoms with Crippen LogP contribution < -0.4 is 0 Å². The maximum atomic E-state index is 4.64. The largest absolute Gasteiger partial charge is 0.256 e. The van der Waals surface area contributed by atoms with Crippen molar-refractivity contribution in [1.29, 1.82) is 0 Å². The Morgan fingerprint density at radius 2 is 1.84 bits per heavy atom. The van der Waals surface area contributed by atoms with Crippen molar-refractivity contribution in [2.45, 2.75) is 26.0 Å². The summed E-state index contributed by atoms with van der Waals surface area (Å²) in [5, 5.41) is 0.165. The van der Waals surface area contributed by atoms with Crippen molar-refractivity contribution in [3.63, 3.8) is 0 Å². The third kappa shape index (κ3) is 2.91. The van der Waals surface area contributed by atoms with Crippen molar-refractivity contribution in [1.82, 2.24) is 4.98 Å². The Morgan fingerprint density at radius 3 is 2.37 bits per heavy atom. The van der Waals surface area contributed by atoms with E-state index in [1.54, 1.807) is 0 Å². The zero-order valence-corrected chi connectivity index (χ0v) is 12.6. The van der Waals surface area contributed by atoms with E-state index in [1.807, 2.05) is 6.20 Å². The molecular formula is C16H21B2N. The van der Waals surface area contributed by atoms with Crippen molar-refractivity contribution in [2.75, 3.05) is 0 Å². The Labute approximate surface area is 118 Å². The molecule has 2 rings (SSSR count). The fourth-order valence-electron chi connectivity index (χ4n) is 2.08. The van der Waals surface area contributed by atoms with Gasteiger partial charge in [-0.3, -0.25) is 4.98 Å². The summed E-state index contributed by atoms with van der Waals surface area (Å²) in [7, 11) is 4.56. The highest BCUT2D eigenvalue weighted by Gasteiger charge is 2.24. The molecule has 0 aliphatic carbocycles. The molecular weight excluding hydrogens is 228 g/mol. The van der Waals surface area contributed by atoms with E-state index in [1.165, 1.54) is 16.7 Å². The molecule has 0 N–H and O–H groups in total. The summed E-state index contributed by atoms with van der Waals surface area (Å²) in [5.74, 6) is 0.596. The molecule has 0 saturated heterocycles. The Bertz CT molecular complexity index is 559. The van der Waals surface area contributed by atoms with Gasteiger partial charge in [-0.2, -0.15) is 0 Å². The Balaban J connectivity index is 2.34. The molecule has 1 aromatic carbocycles. The number of hydrogen-bond donors (Lipinski definition) is 0. The van der Waals surface area contributed by atoms with Crippen LogP contribution in [0.1, 0.15) is 25.0 Å². The standard InChI is InChI=1S/C16H21B2N/c1-11(2)16(17,18)14-7-8-15(19-10-14)13-6-4-5-12(3)9-13/h4-11H,17-18H2,1-3H3. The van der Waals surface area contributed by atoms with Crippen LogP contribution in [0.4, 0.5) is 0 Å². The Morgan fingerprint density at radius 1 is 1.11 bits per heavy atom. The zero-order chi connectivity index (χ0) is 14.0. The Hall–Kier alpha value is -1.50. The number of nitrogens with zero attached hydrogens (tertiary/aromatic N) is 1. The Kier molecular flexibility index (Phi) is 3.84. The third-order valence-corrected chi connectivity index (χ3v) is 4.26. The number of benzene rings is 1. The molecule has 0 bridgehead atoms. The second-order valence-electron chi connectivity index (χ2n) is 6.18. The lowest BCUT2D eigenvalue weighted by molar-refractivity contribution is 0.569. The highest BCUT2D eigenvalue weighted by atomic mass is 14.7. The van der Waals surface area contributed by atoms with Gasteiger partial charge in [-0.15, -0.1) is 0 Å². The van der Waals surface area contributed by atoms with Gasteiger partial charge in [-0.25, -0.2) is 0 Å². The first kappa shape index (κ1) is 13.9. The minimum atomic E-state index is 0.165. The predicted molar refractivity (Wildman–Crippen MR) is 88.0 cm³/mol. The topological polar surface area (TPSA) is 12.9 Å². The van der Waals surface area contributed by atoms with Crippen LogP contribution in [-0.2, 0) is 5.21 Å². The first-order chi connectivity index (χ1) is 8.91. The molecule has 96 valence electrons. The van der Waals surface area contributed by atoms with Crippen molar-refractivity contribution in [3.05, 3.63) is 53.7 Å². The molecule has 1 heterocycles. The fourth-order valence-corrected chi connectivity index (χ4v) is 2.08. The average Bonchev–Trinajstić information content (AvgIpc) is 2.38. The van der Waals surface area contributed by atoms with Crippen molar-refractivity contribution in [2.24, 2.45) is 5.92 Å². The van der Waals surface area contributed by atoms with E-state index < -0.39 is 0 Å². The van der Waals surface area contributed by atoms with Gasteiger partial charge in [0.2, 0.25) is 0 Å². The molecule has 3 heteroatoms. The molecule has 0 aliphatic heterocycles. The molecule has 0 atom stereocenters. The number of pyridine rings is 1. The van der Waals surface area contributed by atoms with E-state index in [0.717, 1.165) is 5.69 Å². The molecule has 0 saturated carbocycles. The molecule has 0 unspecified atom stereocenters. The molecule has 19 heavy (non-hydrogen) atoms. The predicted octanol–water partition coefficient (Wildman–Crippen LogP) is 2.13. The van der Waals surface area contributed by atoms with Gasteiger partial charge < -0.3 is 0 Å². The lowest BCUT2D eigenvalue weighted by atomic mass is 9.46. The van der Waals surface area contributed by atoms with E-state index in [2.05, 4.69) is 77.8 Å². The smallest absolute Gasteiger partial charge is 0.105 e. The third-order valence-electron chi connectivity index (χ3n) is 4.26. The van der Waals surface area contributed by atoms with Crippen LogP contribution in [0, 0.1) is 12.8 Å². The van der Waals surface area contributed by atoms with Gasteiger partial charge in [0, 0.05) is 11.8 Å². The summed E-state index contributed by atoms with van der Waals surface area (Å²) >= 11 is 0. The highest BCUT2D eigenvalue weighted by Crippen LogP contribution is 2.26. The van der Waals surface area contributed by atoms with E-state index in [-0.39, 0.29) is 5.21 Å². The lowest BCUT2D eigenvalue weighted by Gasteiger charge is -2.29. The number of rotatable bonds is 3. The van der Waals surface area contributed by atoms with Crippen LogP contribution in [0.5, 0.6) is 0 Å². The minimum absolute atomic E-state index is 0.165. The van der Waals surface area contributed by atoms with Gasteiger partial charge in [0.15, 0.2) is 0 Å². The van der Waals surface area contributed by atoms with Gasteiger partial charge in [0.1, 0.15) is 15.7 Å². The highest BCUT2D eigenvalue weighted by molar-refractivity contribution is 6.40. The van der Waals surface area contributed by atoms with Crippen LogP contribution in [-0.4, -0.2) is 20.7 Å². The minimum Gasteiger partial charge on any atom is -0.256 e. The van der Waals surface area contributed by atoms with Gasteiger partial charge >= 0.3 is 0 Å². The van der Waals surface area contributed by atoms with E-state index >= 15 is 0 Å². The summed E-state index contributed by atoms with van der Waals surface area (Å²) in [5.41, 5.74) is 4.81. The summed E-state index contributed by atoms with van der Waals surface area (Å²) in [6.07, 6.45) is 2.03. The normalized spacial score (nSPS) is 11.8. The molecule has 1 aromatic heterocycles. The number of aromatic nitrogens is 1. The molecule has 0 spiro atoms. The van der Waals surface area contributed by atoms with E-state index in [4.69, 9.17) is 0 Å². The van der Waals surface area contributed by atoms with Gasteiger partial charge in [0.05, 0.1) is 5.69 Å². The van der Waals surface area contributed by atoms with Gasteiger partial charge in [-0.1, -0.05) is 54.8 Å². The first-order valence-corrected chi connectivity index (χ1v) is 6.95. The van der Waals surface area contributed by atoms with Gasteiger partial charge in [0.25, 0.3) is 0 Å². The van der Waals surface area contributed by atoms with Gasteiger partial charge in [-0.05, 0) is 24.6 Å². The summed E-state index contributed by atoms with van der Waals surface area (Å²) < 4.78 is 0. The monoisotopic (exact) mass is 249 g/mol.